The van der Waals surface area contributed by atoms with E-state index in [1.54, 1.807) is 0 Å². The highest BCUT2D eigenvalue weighted by molar-refractivity contribution is 4.94. The van der Waals surface area contributed by atoms with E-state index in [1.807, 2.05) is 0 Å². The van der Waals surface area contributed by atoms with Gasteiger partial charge in [0.1, 0.15) is 12.2 Å². The average molecular weight is 207 g/mol. The molecule has 0 aliphatic heterocycles. The maximum absolute atomic E-state index is 9.49. The Hall–Kier alpha value is -0.240. The van der Waals surface area contributed by atoms with Crippen molar-refractivity contribution in [1.82, 2.24) is 0 Å². The normalized spacial score (nSPS) is 50.1. The molecule has 0 amide bonds. The molecule has 1 fully saturated rings. The van der Waals surface area contributed by atoms with Crippen molar-refractivity contribution in [3.05, 3.63) is 0 Å². The van der Waals surface area contributed by atoms with E-state index in [9.17, 15) is 20.4 Å². The molecule has 0 aromatic carbocycles. The van der Waals surface area contributed by atoms with Crippen molar-refractivity contribution in [1.29, 1.82) is 0 Å². The van der Waals surface area contributed by atoms with Crippen LogP contribution in [0.2, 0.25) is 0 Å². The summed E-state index contributed by atoms with van der Waals surface area (Å²) in [5.41, 5.74) is 5.52. The lowest BCUT2D eigenvalue weighted by Gasteiger charge is -2.25. The zero-order valence-corrected chi connectivity index (χ0v) is 7.69. The molecule has 7 N–H and O–H groups in total. The van der Waals surface area contributed by atoms with Gasteiger partial charge in [-0.1, -0.05) is 0 Å². The summed E-state index contributed by atoms with van der Waals surface area (Å²) in [5, 5.41) is 46.5. The molecular weight excluding hydrogens is 190 g/mol. The second kappa shape index (κ2) is 4.52. The Balaban J connectivity index is 2.81. The fourth-order valence-electron chi connectivity index (χ4n) is 1.75. The van der Waals surface area contributed by atoms with Crippen LogP contribution in [0.25, 0.3) is 0 Å². The van der Waals surface area contributed by atoms with Crippen LogP contribution in [0, 0.1) is 5.92 Å². The molecular formula is C8H17NO5. The van der Waals surface area contributed by atoms with E-state index >= 15 is 0 Å². The van der Waals surface area contributed by atoms with Crippen molar-refractivity contribution in [3.8, 4) is 0 Å². The molecule has 1 aliphatic rings. The van der Waals surface area contributed by atoms with Gasteiger partial charge < -0.3 is 31.3 Å². The molecule has 0 aromatic heterocycles. The van der Waals surface area contributed by atoms with E-state index in [2.05, 4.69) is 0 Å². The predicted molar refractivity (Wildman–Crippen MR) is 47.2 cm³/mol. The molecule has 0 spiro atoms. The summed E-state index contributed by atoms with van der Waals surface area (Å²) in [6, 6.07) is -0.756. The van der Waals surface area contributed by atoms with Crippen LogP contribution in [0.15, 0.2) is 0 Å². The Bertz CT molecular complexity index is 186. The zero-order valence-electron chi connectivity index (χ0n) is 7.69. The monoisotopic (exact) mass is 207 g/mol. The zero-order chi connectivity index (χ0) is 10.9. The lowest BCUT2D eigenvalue weighted by atomic mass is 9.95. The number of rotatable bonds is 1. The summed E-state index contributed by atoms with van der Waals surface area (Å²) in [6.07, 6.45) is -5.34. The molecule has 6 nitrogen and oxygen atoms in total. The van der Waals surface area contributed by atoms with E-state index < -0.39 is 36.4 Å². The number of aliphatic hydroxyl groups excluding tert-OH is 5. The van der Waals surface area contributed by atoms with Crippen molar-refractivity contribution >= 4 is 0 Å². The SMILES string of the molecule is NC1CC(CO)C(O)C(O)C(O)C1O. The number of aliphatic hydroxyl groups is 5. The average Bonchev–Trinajstić information content (AvgIpc) is 2.25. The van der Waals surface area contributed by atoms with Gasteiger partial charge in [0.15, 0.2) is 0 Å². The third-order valence-corrected chi connectivity index (χ3v) is 2.78. The van der Waals surface area contributed by atoms with Gasteiger partial charge in [-0.25, -0.2) is 0 Å². The van der Waals surface area contributed by atoms with Gasteiger partial charge in [0, 0.05) is 18.6 Å². The van der Waals surface area contributed by atoms with Crippen molar-refractivity contribution in [2.75, 3.05) is 6.61 Å². The molecule has 14 heavy (non-hydrogen) atoms. The smallest absolute Gasteiger partial charge is 0.110 e. The molecule has 6 unspecified atom stereocenters. The predicted octanol–water partition coefficient (Wildman–Crippen LogP) is -3.23. The first-order chi connectivity index (χ1) is 6.49. The van der Waals surface area contributed by atoms with Crippen LogP contribution >= 0.6 is 0 Å². The minimum absolute atomic E-state index is 0.160. The molecule has 0 radical (unpaired) electrons. The quantitative estimate of drug-likeness (QED) is 0.251. The van der Waals surface area contributed by atoms with E-state index in [1.165, 1.54) is 0 Å². The number of hydrogen-bond donors (Lipinski definition) is 6. The largest absolute Gasteiger partial charge is 0.396 e. The molecule has 6 heteroatoms. The second-order valence-electron chi connectivity index (χ2n) is 3.80. The molecule has 0 bridgehead atoms. The van der Waals surface area contributed by atoms with E-state index in [-0.39, 0.29) is 13.0 Å². The van der Waals surface area contributed by atoms with E-state index in [0.29, 0.717) is 0 Å². The third-order valence-electron chi connectivity index (χ3n) is 2.78. The van der Waals surface area contributed by atoms with Gasteiger partial charge in [0.2, 0.25) is 0 Å². The molecule has 6 atom stereocenters. The van der Waals surface area contributed by atoms with Crippen molar-refractivity contribution in [2.24, 2.45) is 11.7 Å². The van der Waals surface area contributed by atoms with Crippen LogP contribution in [-0.2, 0) is 0 Å². The van der Waals surface area contributed by atoms with Gasteiger partial charge in [0.05, 0.1) is 12.2 Å². The molecule has 0 aromatic rings. The lowest BCUT2D eigenvalue weighted by molar-refractivity contribution is -0.109. The fraction of sp³-hybridized carbons (Fsp3) is 1.00. The number of hydrogen-bond acceptors (Lipinski definition) is 6. The number of nitrogens with two attached hydrogens (primary N) is 1. The maximum atomic E-state index is 9.49. The van der Waals surface area contributed by atoms with Crippen molar-refractivity contribution in [3.63, 3.8) is 0 Å². The summed E-state index contributed by atoms with van der Waals surface area (Å²) >= 11 is 0. The van der Waals surface area contributed by atoms with E-state index in [0.717, 1.165) is 0 Å². The Morgan fingerprint density at radius 2 is 1.43 bits per heavy atom. The lowest BCUT2D eigenvalue weighted by Crippen LogP contribution is -2.48. The molecule has 1 saturated carbocycles. The van der Waals surface area contributed by atoms with Crippen LogP contribution in [0.3, 0.4) is 0 Å². The van der Waals surface area contributed by atoms with Crippen LogP contribution in [0.4, 0.5) is 0 Å². The van der Waals surface area contributed by atoms with Crippen LogP contribution in [0.1, 0.15) is 6.42 Å². The van der Waals surface area contributed by atoms with Crippen molar-refractivity contribution in [2.45, 2.75) is 36.9 Å². The summed E-state index contributed by atoms with van der Waals surface area (Å²) in [7, 11) is 0. The first-order valence-corrected chi connectivity index (χ1v) is 4.57. The maximum Gasteiger partial charge on any atom is 0.110 e. The van der Waals surface area contributed by atoms with Gasteiger partial charge in [0.25, 0.3) is 0 Å². The summed E-state index contributed by atoms with van der Waals surface area (Å²) in [5.74, 6) is -0.619. The molecule has 0 saturated heterocycles. The first-order valence-electron chi connectivity index (χ1n) is 4.57. The van der Waals surface area contributed by atoms with Gasteiger partial charge in [-0.05, 0) is 6.42 Å². The molecule has 1 rings (SSSR count). The fourth-order valence-corrected chi connectivity index (χ4v) is 1.75. The first kappa shape index (κ1) is 11.8. The molecule has 0 heterocycles. The third kappa shape index (κ3) is 2.05. The Labute approximate surface area is 81.6 Å². The minimum atomic E-state index is -1.48. The van der Waals surface area contributed by atoms with Crippen LogP contribution in [-0.4, -0.2) is 62.6 Å². The highest BCUT2D eigenvalue weighted by atomic mass is 16.4. The topological polar surface area (TPSA) is 127 Å². The summed E-state index contributed by atoms with van der Waals surface area (Å²) in [6.45, 7) is -0.342. The summed E-state index contributed by atoms with van der Waals surface area (Å²) in [4.78, 5) is 0. The summed E-state index contributed by atoms with van der Waals surface area (Å²) < 4.78 is 0. The Morgan fingerprint density at radius 3 is 1.93 bits per heavy atom. The van der Waals surface area contributed by atoms with Gasteiger partial charge in [-0.2, -0.15) is 0 Å². The Morgan fingerprint density at radius 1 is 0.929 bits per heavy atom. The van der Waals surface area contributed by atoms with Crippen LogP contribution in [0.5, 0.6) is 0 Å². The molecule has 1 aliphatic carbocycles. The van der Waals surface area contributed by atoms with E-state index in [4.69, 9.17) is 10.8 Å². The standard InChI is InChI=1S/C8H17NO5/c9-4-1-3(2-10)5(11)7(13)8(14)6(4)12/h3-8,10-14H,1-2,9H2. The van der Waals surface area contributed by atoms with Crippen LogP contribution < -0.4 is 5.73 Å². The van der Waals surface area contributed by atoms with Gasteiger partial charge >= 0.3 is 0 Å². The molecule has 84 valence electrons. The highest BCUT2D eigenvalue weighted by Gasteiger charge is 2.41. The minimum Gasteiger partial charge on any atom is -0.396 e. The highest BCUT2D eigenvalue weighted by Crippen LogP contribution is 2.23. The van der Waals surface area contributed by atoms with Gasteiger partial charge in [-0.3, -0.25) is 0 Å². The second-order valence-corrected chi connectivity index (χ2v) is 3.80. The van der Waals surface area contributed by atoms with Crippen molar-refractivity contribution < 1.29 is 25.5 Å². The Kier molecular flexibility index (Phi) is 3.82. The van der Waals surface area contributed by atoms with Gasteiger partial charge in [-0.15, -0.1) is 0 Å².